The van der Waals surface area contributed by atoms with Crippen LogP contribution >= 0.6 is 23.1 Å². The lowest BCUT2D eigenvalue weighted by Gasteiger charge is -2.09. The molecule has 0 aromatic carbocycles. The SMILES string of the molecule is COC(=O)c1sccc1NC(=O)C1CCSC1. The van der Waals surface area contributed by atoms with Crippen LogP contribution in [0.25, 0.3) is 0 Å². The molecule has 0 radical (unpaired) electrons. The fourth-order valence-electron chi connectivity index (χ4n) is 1.63. The summed E-state index contributed by atoms with van der Waals surface area (Å²) in [6.45, 7) is 0. The first-order chi connectivity index (χ1) is 8.22. The van der Waals surface area contributed by atoms with Gasteiger partial charge in [-0.15, -0.1) is 11.3 Å². The summed E-state index contributed by atoms with van der Waals surface area (Å²) in [5.41, 5.74) is 0.559. The smallest absolute Gasteiger partial charge is 0.350 e. The fraction of sp³-hybridized carbons (Fsp3) is 0.455. The number of hydrogen-bond donors (Lipinski definition) is 1. The van der Waals surface area contributed by atoms with Crippen LogP contribution in [0.2, 0.25) is 0 Å². The molecule has 0 saturated carbocycles. The van der Waals surface area contributed by atoms with Crippen LogP contribution in [0.15, 0.2) is 11.4 Å². The normalized spacial score (nSPS) is 19.0. The average molecular weight is 271 g/mol. The van der Waals surface area contributed by atoms with Crippen molar-refractivity contribution in [3.8, 4) is 0 Å². The maximum atomic E-state index is 11.9. The predicted molar refractivity (Wildman–Crippen MR) is 69.7 cm³/mol. The number of amides is 1. The van der Waals surface area contributed by atoms with E-state index in [0.29, 0.717) is 10.6 Å². The zero-order valence-corrected chi connectivity index (χ0v) is 11.0. The van der Waals surface area contributed by atoms with Gasteiger partial charge in [0.15, 0.2) is 0 Å². The molecule has 1 atom stereocenters. The van der Waals surface area contributed by atoms with Crippen molar-refractivity contribution in [1.82, 2.24) is 0 Å². The zero-order chi connectivity index (χ0) is 12.3. The van der Waals surface area contributed by atoms with Gasteiger partial charge in [-0.2, -0.15) is 11.8 Å². The molecule has 0 spiro atoms. The van der Waals surface area contributed by atoms with E-state index in [0.717, 1.165) is 17.9 Å². The van der Waals surface area contributed by atoms with E-state index in [4.69, 9.17) is 0 Å². The van der Waals surface area contributed by atoms with Gasteiger partial charge < -0.3 is 10.1 Å². The zero-order valence-electron chi connectivity index (χ0n) is 9.39. The van der Waals surface area contributed by atoms with Crippen molar-refractivity contribution < 1.29 is 14.3 Å². The second kappa shape index (κ2) is 5.55. The van der Waals surface area contributed by atoms with Crippen molar-refractivity contribution in [2.75, 3.05) is 23.9 Å². The number of rotatable bonds is 3. The Kier molecular flexibility index (Phi) is 4.06. The van der Waals surface area contributed by atoms with Crippen LogP contribution in [-0.2, 0) is 9.53 Å². The summed E-state index contributed by atoms with van der Waals surface area (Å²) in [6.07, 6.45) is 0.911. The molecule has 4 nitrogen and oxygen atoms in total. The second-order valence-electron chi connectivity index (χ2n) is 3.70. The Labute approximate surface area is 108 Å². The maximum Gasteiger partial charge on any atom is 0.350 e. The summed E-state index contributed by atoms with van der Waals surface area (Å²) in [5, 5.41) is 4.57. The molecule has 0 aliphatic carbocycles. The molecule has 2 rings (SSSR count). The van der Waals surface area contributed by atoms with E-state index in [1.54, 1.807) is 23.2 Å². The average Bonchev–Trinajstić information content (AvgIpc) is 2.98. The molecule has 17 heavy (non-hydrogen) atoms. The molecule has 1 aromatic heterocycles. The number of thioether (sulfide) groups is 1. The first kappa shape index (κ1) is 12.4. The molecular formula is C11H13NO3S2. The Morgan fingerprint density at radius 1 is 1.53 bits per heavy atom. The third-order valence-corrected chi connectivity index (χ3v) is 4.65. The Balaban J connectivity index is 2.05. The highest BCUT2D eigenvalue weighted by Gasteiger charge is 2.24. The molecule has 1 unspecified atom stereocenters. The lowest BCUT2D eigenvalue weighted by atomic mass is 10.1. The molecule has 1 amide bonds. The number of ether oxygens (including phenoxy) is 1. The van der Waals surface area contributed by atoms with Crippen molar-refractivity contribution in [2.45, 2.75) is 6.42 Å². The largest absolute Gasteiger partial charge is 0.465 e. The second-order valence-corrected chi connectivity index (χ2v) is 5.77. The minimum atomic E-state index is -0.406. The van der Waals surface area contributed by atoms with E-state index >= 15 is 0 Å². The van der Waals surface area contributed by atoms with Gasteiger partial charge >= 0.3 is 5.97 Å². The summed E-state index contributed by atoms with van der Waals surface area (Å²) in [6, 6.07) is 1.73. The molecule has 1 aromatic rings. The predicted octanol–water partition coefficient (Wildman–Crippen LogP) is 2.23. The molecule has 1 N–H and O–H groups in total. The summed E-state index contributed by atoms with van der Waals surface area (Å²) < 4.78 is 4.66. The van der Waals surface area contributed by atoms with E-state index in [2.05, 4.69) is 10.1 Å². The molecule has 92 valence electrons. The van der Waals surface area contributed by atoms with Crippen molar-refractivity contribution in [3.05, 3.63) is 16.3 Å². The van der Waals surface area contributed by atoms with Crippen molar-refractivity contribution in [2.24, 2.45) is 5.92 Å². The van der Waals surface area contributed by atoms with E-state index in [1.165, 1.54) is 18.4 Å². The Morgan fingerprint density at radius 2 is 2.35 bits per heavy atom. The van der Waals surface area contributed by atoms with Gasteiger partial charge in [-0.05, 0) is 23.6 Å². The lowest BCUT2D eigenvalue weighted by molar-refractivity contribution is -0.119. The molecule has 6 heteroatoms. The number of thiophene rings is 1. The van der Waals surface area contributed by atoms with E-state index in [-0.39, 0.29) is 11.8 Å². The number of esters is 1. The topological polar surface area (TPSA) is 55.4 Å². The summed E-state index contributed by atoms with van der Waals surface area (Å²) in [4.78, 5) is 23.8. The third kappa shape index (κ3) is 2.81. The van der Waals surface area contributed by atoms with Gasteiger partial charge in [-0.1, -0.05) is 0 Å². The van der Waals surface area contributed by atoms with Gasteiger partial charge in [0.1, 0.15) is 4.88 Å². The van der Waals surface area contributed by atoms with Gasteiger partial charge in [-0.3, -0.25) is 4.79 Å². The highest BCUT2D eigenvalue weighted by molar-refractivity contribution is 7.99. The van der Waals surface area contributed by atoms with Gasteiger partial charge in [-0.25, -0.2) is 4.79 Å². The van der Waals surface area contributed by atoms with Gasteiger partial charge in [0, 0.05) is 11.7 Å². The number of anilines is 1. The number of methoxy groups -OCH3 is 1. The van der Waals surface area contributed by atoms with E-state index in [9.17, 15) is 9.59 Å². The van der Waals surface area contributed by atoms with Crippen LogP contribution in [0.3, 0.4) is 0 Å². The first-order valence-corrected chi connectivity index (χ1v) is 7.30. The molecule has 1 fully saturated rings. The molecule has 1 saturated heterocycles. The first-order valence-electron chi connectivity index (χ1n) is 5.26. The standard InChI is InChI=1S/C11H13NO3S2/c1-15-11(14)9-8(3-5-17-9)12-10(13)7-2-4-16-6-7/h3,5,7H,2,4,6H2,1H3,(H,12,13). The highest BCUT2D eigenvalue weighted by atomic mass is 32.2. The lowest BCUT2D eigenvalue weighted by Crippen LogP contribution is -2.23. The number of hydrogen-bond acceptors (Lipinski definition) is 5. The van der Waals surface area contributed by atoms with Crippen molar-refractivity contribution in [1.29, 1.82) is 0 Å². The Bertz CT molecular complexity index is 424. The molecular weight excluding hydrogens is 258 g/mol. The van der Waals surface area contributed by atoms with Gasteiger partial charge in [0.05, 0.1) is 12.8 Å². The number of carbonyl (C=O) groups excluding carboxylic acids is 2. The van der Waals surface area contributed by atoms with Crippen LogP contribution in [0.4, 0.5) is 5.69 Å². The Hall–Kier alpha value is -1.01. The Morgan fingerprint density at radius 3 is 3.00 bits per heavy atom. The molecule has 1 aliphatic rings. The maximum absolute atomic E-state index is 11.9. The van der Waals surface area contributed by atoms with Gasteiger partial charge in [0.25, 0.3) is 0 Å². The van der Waals surface area contributed by atoms with Crippen LogP contribution in [0.1, 0.15) is 16.1 Å². The quantitative estimate of drug-likeness (QED) is 0.857. The molecule has 0 bridgehead atoms. The fourth-order valence-corrected chi connectivity index (χ4v) is 3.62. The summed E-state index contributed by atoms with van der Waals surface area (Å²) in [5.74, 6) is 1.55. The van der Waals surface area contributed by atoms with Crippen molar-refractivity contribution >= 4 is 40.7 Å². The number of nitrogens with one attached hydrogen (secondary N) is 1. The summed E-state index contributed by atoms with van der Waals surface area (Å²) in [7, 11) is 1.33. The van der Waals surface area contributed by atoms with Crippen LogP contribution in [0.5, 0.6) is 0 Å². The van der Waals surface area contributed by atoms with Crippen LogP contribution in [-0.4, -0.2) is 30.5 Å². The molecule has 1 aliphatic heterocycles. The van der Waals surface area contributed by atoms with E-state index in [1.807, 2.05) is 0 Å². The minimum Gasteiger partial charge on any atom is -0.465 e. The van der Waals surface area contributed by atoms with Crippen molar-refractivity contribution in [3.63, 3.8) is 0 Å². The van der Waals surface area contributed by atoms with E-state index < -0.39 is 5.97 Å². The van der Waals surface area contributed by atoms with Gasteiger partial charge in [0.2, 0.25) is 5.91 Å². The number of carbonyl (C=O) groups is 2. The summed E-state index contributed by atoms with van der Waals surface area (Å²) >= 11 is 3.06. The molecule has 2 heterocycles. The minimum absolute atomic E-state index is 0.00134. The highest BCUT2D eigenvalue weighted by Crippen LogP contribution is 2.27. The monoisotopic (exact) mass is 271 g/mol. The van der Waals surface area contributed by atoms with Crippen LogP contribution in [0, 0.1) is 5.92 Å². The van der Waals surface area contributed by atoms with Crippen LogP contribution < -0.4 is 5.32 Å². The third-order valence-electron chi connectivity index (χ3n) is 2.59.